The van der Waals surface area contributed by atoms with Crippen LogP contribution in [0.1, 0.15) is 12.0 Å². The van der Waals surface area contributed by atoms with Crippen LogP contribution in [0.5, 0.6) is 5.75 Å². The molecule has 1 fully saturated rings. The number of nitrogens with zero attached hydrogens (tertiary/aromatic N) is 2. The monoisotopic (exact) mass is 480 g/mol. The number of halogens is 1. The minimum atomic E-state index is 0. The molecule has 1 heterocycles. The topological polar surface area (TPSA) is 48.9 Å². The summed E-state index contributed by atoms with van der Waals surface area (Å²) in [4.78, 5) is 6.79. The molecule has 2 N–H and O–H groups in total. The summed E-state index contributed by atoms with van der Waals surface area (Å²) in [5.41, 5.74) is 2.52. The molecule has 1 aliphatic rings. The highest BCUT2D eigenvalue weighted by Crippen LogP contribution is 2.22. The predicted octanol–water partition coefficient (Wildman–Crippen LogP) is 3.50. The van der Waals surface area contributed by atoms with Gasteiger partial charge in [-0.2, -0.15) is 0 Å². The van der Waals surface area contributed by atoms with Gasteiger partial charge in [-0.25, -0.2) is 0 Å². The molecule has 5 nitrogen and oxygen atoms in total. The second kappa shape index (κ2) is 11.0. The molecule has 1 aliphatic heterocycles. The largest absolute Gasteiger partial charge is 0.497 e. The minimum Gasteiger partial charge on any atom is -0.497 e. The number of benzene rings is 2. The van der Waals surface area contributed by atoms with Crippen molar-refractivity contribution >= 4 is 35.6 Å². The summed E-state index contributed by atoms with van der Waals surface area (Å²) in [6.45, 7) is 3.89. The van der Waals surface area contributed by atoms with Gasteiger partial charge in [-0.05, 0) is 42.2 Å². The zero-order chi connectivity index (χ0) is 18.2. The Morgan fingerprint density at radius 3 is 2.52 bits per heavy atom. The van der Waals surface area contributed by atoms with Crippen molar-refractivity contribution in [3.63, 3.8) is 0 Å². The van der Waals surface area contributed by atoms with Gasteiger partial charge in [-0.3, -0.25) is 4.99 Å². The van der Waals surface area contributed by atoms with Crippen LogP contribution in [0.15, 0.2) is 59.6 Å². The van der Waals surface area contributed by atoms with Crippen molar-refractivity contribution in [3.8, 4) is 5.75 Å². The van der Waals surface area contributed by atoms with Crippen LogP contribution in [0.4, 0.5) is 5.69 Å². The van der Waals surface area contributed by atoms with Gasteiger partial charge in [-0.1, -0.05) is 30.3 Å². The number of guanidine groups is 1. The minimum absolute atomic E-state index is 0. The quantitative estimate of drug-likeness (QED) is 0.378. The van der Waals surface area contributed by atoms with E-state index in [0.717, 1.165) is 37.9 Å². The van der Waals surface area contributed by atoms with E-state index in [-0.39, 0.29) is 24.0 Å². The highest BCUT2D eigenvalue weighted by atomic mass is 127. The summed E-state index contributed by atoms with van der Waals surface area (Å²) in [6, 6.07) is 18.7. The van der Waals surface area contributed by atoms with Crippen LogP contribution in [0.3, 0.4) is 0 Å². The van der Waals surface area contributed by atoms with Gasteiger partial charge < -0.3 is 20.3 Å². The van der Waals surface area contributed by atoms with E-state index in [0.29, 0.717) is 5.92 Å². The summed E-state index contributed by atoms with van der Waals surface area (Å²) in [5.74, 6) is 2.36. The molecule has 2 aromatic rings. The van der Waals surface area contributed by atoms with Gasteiger partial charge in [0.1, 0.15) is 5.75 Å². The standard InChI is InChI=1S/C21H28N4O.HI/c1-22-21(23-14-17-8-10-20(26-2)11-9-17)24-15-18-12-13-25(16-18)19-6-4-3-5-7-19;/h3-11,18H,12-16H2,1-2H3,(H2,22,23,24);1H. The Hall–Kier alpha value is -1.96. The highest BCUT2D eigenvalue weighted by molar-refractivity contribution is 14.0. The highest BCUT2D eigenvalue weighted by Gasteiger charge is 2.22. The lowest BCUT2D eigenvalue weighted by molar-refractivity contribution is 0.414. The van der Waals surface area contributed by atoms with E-state index in [1.54, 1.807) is 7.11 Å². The molecular formula is C21H29IN4O. The normalized spacial score (nSPS) is 16.6. The fourth-order valence-electron chi connectivity index (χ4n) is 3.26. The number of para-hydroxylation sites is 1. The lowest BCUT2D eigenvalue weighted by atomic mass is 10.1. The number of hydrogen-bond donors (Lipinski definition) is 2. The molecule has 0 saturated carbocycles. The molecule has 1 atom stereocenters. The molecular weight excluding hydrogens is 451 g/mol. The van der Waals surface area contributed by atoms with E-state index in [1.807, 2.05) is 19.2 Å². The molecule has 0 amide bonds. The summed E-state index contributed by atoms with van der Waals surface area (Å²) in [6.07, 6.45) is 1.21. The lowest BCUT2D eigenvalue weighted by Crippen LogP contribution is -2.39. The fourth-order valence-corrected chi connectivity index (χ4v) is 3.26. The molecule has 0 radical (unpaired) electrons. The third kappa shape index (κ3) is 6.30. The number of rotatable bonds is 6. The average Bonchev–Trinajstić information content (AvgIpc) is 3.18. The average molecular weight is 480 g/mol. The molecule has 0 spiro atoms. The van der Waals surface area contributed by atoms with Crippen molar-refractivity contribution in [2.24, 2.45) is 10.9 Å². The van der Waals surface area contributed by atoms with E-state index >= 15 is 0 Å². The molecule has 3 rings (SSSR count). The Morgan fingerprint density at radius 1 is 1.11 bits per heavy atom. The summed E-state index contributed by atoms with van der Waals surface area (Å²) < 4.78 is 5.19. The van der Waals surface area contributed by atoms with E-state index in [1.165, 1.54) is 17.7 Å². The maximum Gasteiger partial charge on any atom is 0.191 e. The lowest BCUT2D eigenvalue weighted by Gasteiger charge is -2.19. The van der Waals surface area contributed by atoms with Crippen LogP contribution in [0.2, 0.25) is 0 Å². The molecule has 1 unspecified atom stereocenters. The maximum absolute atomic E-state index is 5.19. The first-order valence-corrected chi connectivity index (χ1v) is 9.16. The van der Waals surface area contributed by atoms with E-state index in [4.69, 9.17) is 4.74 Å². The number of anilines is 1. The molecule has 6 heteroatoms. The van der Waals surface area contributed by atoms with Gasteiger partial charge >= 0.3 is 0 Å². The van der Waals surface area contributed by atoms with Crippen molar-refractivity contribution < 1.29 is 4.74 Å². The second-order valence-corrected chi connectivity index (χ2v) is 6.59. The zero-order valence-electron chi connectivity index (χ0n) is 16.0. The van der Waals surface area contributed by atoms with Crippen LogP contribution >= 0.6 is 24.0 Å². The number of nitrogens with one attached hydrogen (secondary N) is 2. The SMILES string of the molecule is CN=C(NCc1ccc(OC)cc1)NCC1CCN(c2ccccc2)C1.I. The number of ether oxygens (including phenoxy) is 1. The zero-order valence-corrected chi connectivity index (χ0v) is 18.4. The van der Waals surface area contributed by atoms with Crippen molar-refractivity contribution in [1.29, 1.82) is 0 Å². The van der Waals surface area contributed by atoms with E-state index in [9.17, 15) is 0 Å². The smallest absolute Gasteiger partial charge is 0.191 e. The van der Waals surface area contributed by atoms with Crippen molar-refractivity contribution in [1.82, 2.24) is 10.6 Å². The number of methoxy groups -OCH3 is 1. The Kier molecular flexibility index (Phi) is 8.71. The van der Waals surface area contributed by atoms with Gasteiger partial charge in [0.25, 0.3) is 0 Å². The van der Waals surface area contributed by atoms with Crippen molar-refractivity contribution in [2.45, 2.75) is 13.0 Å². The Bertz CT molecular complexity index is 706. The van der Waals surface area contributed by atoms with Gasteiger partial charge in [-0.15, -0.1) is 24.0 Å². The maximum atomic E-state index is 5.19. The first-order valence-electron chi connectivity index (χ1n) is 9.16. The van der Waals surface area contributed by atoms with E-state index in [2.05, 4.69) is 63.0 Å². The first kappa shape index (κ1) is 21.3. The Balaban J connectivity index is 0.00000261. The third-order valence-electron chi connectivity index (χ3n) is 4.81. The summed E-state index contributed by atoms with van der Waals surface area (Å²) in [7, 11) is 3.50. The molecule has 1 saturated heterocycles. The Morgan fingerprint density at radius 2 is 1.85 bits per heavy atom. The molecule has 2 aromatic carbocycles. The van der Waals surface area contributed by atoms with Gasteiger partial charge in [0.05, 0.1) is 7.11 Å². The van der Waals surface area contributed by atoms with Crippen molar-refractivity contribution in [3.05, 3.63) is 60.2 Å². The van der Waals surface area contributed by atoms with Crippen LogP contribution in [-0.4, -0.2) is 39.8 Å². The van der Waals surface area contributed by atoms with Crippen LogP contribution < -0.4 is 20.3 Å². The van der Waals surface area contributed by atoms with Gasteiger partial charge in [0, 0.05) is 38.9 Å². The number of aliphatic imine (C=N–C) groups is 1. The van der Waals surface area contributed by atoms with Crippen LogP contribution in [-0.2, 0) is 6.54 Å². The van der Waals surface area contributed by atoms with Crippen molar-refractivity contribution in [2.75, 3.05) is 38.7 Å². The first-order chi connectivity index (χ1) is 12.8. The van der Waals surface area contributed by atoms with Gasteiger partial charge in [0.2, 0.25) is 0 Å². The molecule has 27 heavy (non-hydrogen) atoms. The molecule has 0 bridgehead atoms. The second-order valence-electron chi connectivity index (χ2n) is 6.59. The summed E-state index contributed by atoms with van der Waals surface area (Å²) >= 11 is 0. The fraction of sp³-hybridized carbons (Fsp3) is 0.381. The molecule has 0 aromatic heterocycles. The van der Waals surface area contributed by atoms with E-state index < -0.39 is 0 Å². The molecule has 146 valence electrons. The molecule has 0 aliphatic carbocycles. The van der Waals surface area contributed by atoms with Crippen LogP contribution in [0.25, 0.3) is 0 Å². The Labute approximate surface area is 179 Å². The van der Waals surface area contributed by atoms with Gasteiger partial charge in [0.15, 0.2) is 5.96 Å². The van der Waals surface area contributed by atoms with Crippen LogP contribution in [0, 0.1) is 5.92 Å². The predicted molar refractivity (Wildman–Crippen MR) is 123 cm³/mol. The number of hydrogen-bond acceptors (Lipinski definition) is 3. The summed E-state index contributed by atoms with van der Waals surface area (Å²) in [5, 5.41) is 6.84. The third-order valence-corrected chi connectivity index (χ3v) is 4.81.